The first-order valence-corrected chi connectivity index (χ1v) is 8.36. The van der Waals surface area contributed by atoms with Crippen molar-refractivity contribution in [2.75, 3.05) is 0 Å². The topological polar surface area (TPSA) is 73.8 Å². The summed E-state index contributed by atoms with van der Waals surface area (Å²) >= 11 is 3.04. The molecule has 0 aliphatic carbocycles. The zero-order chi connectivity index (χ0) is 14.5. The average molecular weight is 310 g/mol. The Labute approximate surface area is 126 Å². The molecule has 2 heterocycles. The third-order valence-electron chi connectivity index (χ3n) is 2.89. The van der Waals surface area contributed by atoms with Gasteiger partial charge in [-0.1, -0.05) is 31.2 Å². The first kappa shape index (κ1) is 15.1. The number of carbonyl (C=O) groups is 1. The van der Waals surface area contributed by atoms with Gasteiger partial charge in [0.25, 0.3) is 0 Å². The van der Waals surface area contributed by atoms with Gasteiger partial charge < -0.3 is 10.3 Å². The summed E-state index contributed by atoms with van der Waals surface area (Å²) in [6, 6.07) is 4.01. The van der Waals surface area contributed by atoms with Crippen molar-refractivity contribution in [2.45, 2.75) is 43.6 Å². The number of nitrogens with two attached hydrogens (primary N) is 1. The predicted molar refractivity (Wildman–Crippen MR) is 82.8 cm³/mol. The molecule has 0 bridgehead atoms. The van der Waals surface area contributed by atoms with Gasteiger partial charge in [-0.3, -0.25) is 4.79 Å². The van der Waals surface area contributed by atoms with Crippen LogP contribution in [-0.4, -0.2) is 25.9 Å². The third kappa shape index (κ3) is 3.21. The van der Waals surface area contributed by atoms with E-state index in [1.165, 1.54) is 11.8 Å². The molecule has 20 heavy (non-hydrogen) atoms. The van der Waals surface area contributed by atoms with Crippen LogP contribution in [0.4, 0.5) is 0 Å². The molecule has 2 aromatic rings. The second-order valence-electron chi connectivity index (χ2n) is 4.33. The van der Waals surface area contributed by atoms with Gasteiger partial charge in [-0.05, 0) is 24.8 Å². The predicted octanol–water partition coefficient (Wildman–Crippen LogP) is 2.77. The Morgan fingerprint density at radius 1 is 1.50 bits per heavy atom. The van der Waals surface area contributed by atoms with Crippen molar-refractivity contribution in [1.29, 1.82) is 0 Å². The van der Waals surface area contributed by atoms with Crippen LogP contribution in [0.5, 0.6) is 0 Å². The maximum atomic E-state index is 11.5. The molecule has 1 unspecified atom stereocenters. The van der Waals surface area contributed by atoms with Crippen molar-refractivity contribution >= 4 is 29.0 Å². The maximum absolute atomic E-state index is 11.5. The van der Waals surface area contributed by atoms with E-state index in [2.05, 4.69) is 10.2 Å². The Morgan fingerprint density at radius 2 is 2.30 bits per heavy atom. The van der Waals surface area contributed by atoms with E-state index in [9.17, 15) is 4.79 Å². The van der Waals surface area contributed by atoms with Crippen LogP contribution in [-0.2, 0) is 11.3 Å². The number of rotatable bonds is 7. The van der Waals surface area contributed by atoms with E-state index < -0.39 is 0 Å². The molecule has 2 N–H and O–H groups in total. The Balaban J connectivity index is 2.26. The normalized spacial score (nSPS) is 12.5. The van der Waals surface area contributed by atoms with Crippen LogP contribution in [0.2, 0.25) is 0 Å². The average Bonchev–Trinajstić information content (AvgIpc) is 3.06. The molecule has 2 aromatic heterocycles. The van der Waals surface area contributed by atoms with Crippen molar-refractivity contribution in [2.24, 2.45) is 5.73 Å². The highest BCUT2D eigenvalue weighted by atomic mass is 32.2. The van der Waals surface area contributed by atoms with Gasteiger partial charge in [0, 0.05) is 6.54 Å². The van der Waals surface area contributed by atoms with Crippen LogP contribution in [0.15, 0.2) is 22.7 Å². The van der Waals surface area contributed by atoms with Crippen LogP contribution in [0.3, 0.4) is 0 Å². The van der Waals surface area contributed by atoms with Crippen LogP contribution in [0.25, 0.3) is 10.7 Å². The molecule has 2 rings (SSSR count). The lowest BCUT2D eigenvalue weighted by Gasteiger charge is -2.12. The largest absolute Gasteiger partial charge is 0.369 e. The summed E-state index contributed by atoms with van der Waals surface area (Å²) in [5.41, 5.74) is 5.45. The molecule has 1 atom stereocenters. The summed E-state index contributed by atoms with van der Waals surface area (Å²) in [5.74, 6) is 0.560. The van der Waals surface area contributed by atoms with Crippen LogP contribution in [0.1, 0.15) is 26.7 Å². The van der Waals surface area contributed by atoms with E-state index in [0.717, 1.165) is 35.2 Å². The molecule has 0 aliphatic rings. The second-order valence-corrected chi connectivity index (χ2v) is 6.44. The van der Waals surface area contributed by atoms with Gasteiger partial charge in [0.1, 0.15) is 0 Å². The van der Waals surface area contributed by atoms with E-state index in [0.29, 0.717) is 0 Å². The number of carbonyl (C=O) groups excluding carboxylic acids is 1. The molecule has 0 saturated heterocycles. The summed E-state index contributed by atoms with van der Waals surface area (Å²) in [5, 5.41) is 11.0. The lowest BCUT2D eigenvalue weighted by atomic mass is 10.2. The number of thioether (sulfide) groups is 1. The SMILES string of the molecule is CCCC(Sc1nnc(-c2cccs2)n1CC)C(N)=O. The minimum absolute atomic E-state index is 0.245. The van der Waals surface area contributed by atoms with Gasteiger partial charge in [0.05, 0.1) is 10.1 Å². The van der Waals surface area contributed by atoms with Crippen LogP contribution >= 0.6 is 23.1 Å². The number of aromatic nitrogens is 3. The summed E-state index contributed by atoms with van der Waals surface area (Å²) in [6.07, 6.45) is 1.67. The Morgan fingerprint density at radius 3 is 2.85 bits per heavy atom. The van der Waals surface area contributed by atoms with E-state index in [1.807, 2.05) is 35.9 Å². The molecule has 5 nitrogen and oxygen atoms in total. The summed E-state index contributed by atoms with van der Waals surface area (Å²) in [6.45, 7) is 4.85. The number of hydrogen-bond donors (Lipinski definition) is 1. The molecule has 0 saturated carbocycles. The molecule has 7 heteroatoms. The second kappa shape index (κ2) is 6.90. The molecule has 0 spiro atoms. The van der Waals surface area contributed by atoms with Gasteiger partial charge >= 0.3 is 0 Å². The lowest BCUT2D eigenvalue weighted by molar-refractivity contribution is -0.117. The molecule has 108 valence electrons. The van der Waals surface area contributed by atoms with E-state index in [-0.39, 0.29) is 11.2 Å². The highest BCUT2D eigenvalue weighted by Gasteiger charge is 2.21. The van der Waals surface area contributed by atoms with Crippen molar-refractivity contribution < 1.29 is 4.79 Å². The maximum Gasteiger partial charge on any atom is 0.231 e. The smallest absolute Gasteiger partial charge is 0.231 e. The molecular weight excluding hydrogens is 292 g/mol. The van der Waals surface area contributed by atoms with Crippen molar-refractivity contribution in [3.05, 3.63) is 17.5 Å². The standard InChI is InChI=1S/C13H18N4OS2/c1-3-6-9(11(14)18)20-13-16-15-12(17(13)4-2)10-7-5-8-19-10/h5,7-9H,3-4,6H2,1-2H3,(H2,14,18). The Kier molecular flexibility index (Phi) is 5.19. The lowest BCUT2D eigenvalue weighted by Crippen LogP contribution is -2.26. The molecule has 0 radical (unpaired) electrons. The highest BCUT2D eigenvalue weighted by Crippen LogP contribution is 2.30. The Bertz CT molecular complexity index is 565. The van der Waals surface area contributed by atoms with Gasteiger partial charge in [0.2, 0.25) is 5.91 Å². The molecule has 0 aromatic carbocycles. The van der Waals surface area contributed by atoms with E-state index in [4.69, 9.17) is 5.73 Å². The third-order valence-corrected chi connectivity index (χ3v) is 5.02. The van der Waals surface area contributed by atoms with Crippen molar-refractivity contribution in [3.8, 4) is 10.7 Å². The van der Waals surface area contributed by atoms with Gasteiger partial charge in [-0.25, -0.2) is 0 Å². The molecular formula is C13H18N4OS2. The summed E-state index contributed by atoms with van der Waals surface area (Å²) < 4.78 is 2.03. The minimum Gasteiger partial charge on any atom is -0.369 e. The molecule has 0 fully saturated rings. The first-order valence-electron chi connectivity index (χ1n) is 6.60. The van der Waals surface area contributed by atoms with Gasteiger partial charge in [0.15, 0.2) is 11.0 Å². The van der Waals surface area contributed by atoms with E-state index >= 15 is 0 Å². The molecule has 0 aliphatic heterocycles. The summed E-state index contributed by atoms with van der Waals surface area (Å²) in [4.78, 5) is 12.6. The monoisotopic (exact) mass is 310 g/mol. The Hall–Kier alpha value is -1.34. The fourth-order valence-corrected chi connectivity index (χ4v) is 3.77. The van der Waals surface area contributed by atoms with Crippen LogP contribution < -0.4 is 5.73 Å². The zero-order valence-corrected chi connectivity index (χ0v) is 13.2. The fourth-order valence-electron chi connectivity index (χ4n) is 1.90. The number of thiophene rings is 1. The minimum atomic E-state index is -0.292. The highest BCUT2D eigenvalue weighted by molar-refractivity contribution is 8.00. The summed E-state index contributed by atoms with van der Waals surface area (Å²) in [7, 11) is 0. The van der Waals surface area contributed by atoms with Crippen molar-refractivity contribution in [1.82, 2.24) is 14.8 Å². The number of hydrogen-bond acceptors (Lipinski definition) is 5. The van der Waals surface area contributed by atoms with Crippen LogP contribution in [0, 0.1) is 0 Å². The van der Waals surface area contributed by atoms with Gasteiger partial charge in [-0.2, -0.15) is 0 Å². The first-order chi connectivity index (χ1) is 9.67. The molecule has 1 amide bonds. The number of amides is 1. The fraction of sp³-hybridized carbons (Fsp3) is 0.462. The number of primary amides is 1. The van der Waals surface area contributed by atoms with Gasteiger partial charge in [-0.15, -0.1) is 21.5 Å². The quantitative estimate of drug-likeness (QED) is 0.798. The number of nitrogens with zero attached hydrogens (tertiary/aromatic N) is 3. The zero-order valence-electron chi connectivity index (χ0n) is 11.6. The van der Waals surface area contributed by atoms with Crippen molar-refractivity contribution in [3.63, 3.8) is 0 Å². The van der Waals surface area contributed by atoms with E-state index in [1.54, 1.807) is 11.3 Å².